The van der Waals surface area contributed by atoms with E-state index in [0.717, 1.165) is 6.54 Å². The summed E-state index contributed by atoms with van der Waals surface area (Å²) in [6.45, 7) is 2.34. The predicted octanol–water partition coefficient (Wildman–Crippen LogP) is 0.599. The van der Waals surface area contributed by atoms with E-state index in [-0.39, 0.29) is 24.2 Å². The highest BCUT2D eigenvalue weighted by atomic mass is 19.4. The summed E-state index contributed by atoms with van der Waals surface area (Å²) in [5.74, 6) is 0.103. The summed E-state index contributed by atoms with van der Waals surface area (Å²) in [5, 5.41) is 8.93. The van der Waals surface area contributed by atoms with Gasteiger partial charge in [0.05, 0.1) is 6.04 Å². The minimum Gasteiger partial charge on any atom is -0.485 e. The first kappa shape index (κ1) is 10.7. The number of nitrogens with zero attached hydrogens (tertiary/aromatic N) is 2. The standard InChI is InChI=1S/C9H11F3N4O/c10-9(11,12)7-6-8(15-14-7)16-2-1-13-3-5(16)4-17-6/h5,13H,1-4H2,(H,14,15). The van der Waals surface area contributed by atoms with Gasteiger partial charge >= 0.3 is 6.18 Å². The Morgan fingerprint density at radius 1 is 1.41 bits per heavy atom. The molecule has 3 rings (SSSR count). The molecule has 1 atom stereocenters. The quantitative estimate of drug-likeness (QED) is 0.706. The van der Waals surface area contributed by atoms with E-state index in [1.165, 1.54) is 0 Å². The number of hydrogen-bond donors (Lipinski definition) is 2. The van der Waals surface area contributed by atoms with Gasteiger partial charge in [0.25, 0.3) is 0 Å². The highest BCUT2D eigenvalue weighted by molar-refractivity contribution is 5.58. The zero-order valence-corrected chi connectivity index (χ0v) is 8.84. The average Bonchev–Trinajstić information content (AvgIpc) is 2.72. The number of piperazine rings is 1. The normalized spacial score (nSPS) is 23.9. The van der Waals surface area contributed by atoms with Gasteiger partial charge in [0.15, 0.2) is 17.3 Å². The number of aromatic nitrogens is 2. The van der Waals surface area contributed by atoms with Crippen LogP contribution in [0.2, 0.25) is 0 Å². The second-order valence-corrected chi connectivity index (χ2v) is 4.11. The summed E-state index contributed by atoms with van der Waals surface area (Å²) < 4.78 is 43.1. The number of anilines is 1. The molecule has 1 fully saturated rings. The number of halogens is 3. The molecule has 8 heteroatoms. The number of nitrogens with one attached hydrogen (secondary N) is 2. The molecule has 2 N–H and O–H groups in total. The highest BCUT2D eigenvalue weighted by Gasteiger charge is 2.42. The van der Waals surface area contributed by atoms with Crippen molar-refractivity contribution >= 4 is 5.82 Å². The van der Waals surface area contributed by atoms with Gasteiger partial charge in [-0.3, -0.25) is 5.10 Å². The molecule has 0 radical (unpaired) electrons. The molecule has 0 saturated carbocycles. The maximum Gasteiger partial charge on any atom is 0.436 e. The van der Waals surface area contributed by atoms with E-state index in [9.17, 15) is 13.2 Å². The monoisotopic (exact) mass is 248 g/mol. The molecule has 0 aliphatic carbocycles. The Hall–Kier alpha value is -1.44. The van der Waals surface area contributed by atoms with Crippen LogP contribution in [0.5, 0.6) is 5.75 Å². The number of rotatable bonds is 0. The van der Waals surface area contributed by atoms with Gasteiger partial charge < -0.3 is 15.0 Å². The van der Waals surface area contributed by atoms with E-state index in [0.29, 0.717) is 13.1 Å². The van der Waals surface area contributed by atoms with Crippen molar-refractivity contribution in [1.82, 2.24) is 15.5 Å². The minimum absolute atomic E-state index is 0.0561. The van der Waals surface area contributed by atoms with Crippen LogP contribution < -0.4 is 15.0 Å². The maximum atomic E-state index is 12.7. The molecule has 0 amide bonds. The predicted molar refractivity (Wildman–Crippen MR) is 53.1 cm³/mol. The number of aromatic amines is 1. The zero-order chi connectivity index (χ0) is 12.0. The number of H-pyrrole nitrogens is 1. The second-order valence-electron chi connectivity index (χ2n) is 4.11. The van der Waals surface area contributed by atoms with Gasteiger partial charge in [-0.05, 0) is 0 Å². The van der Waals surface area contributed by atoms with E-state index in [1.54, 1.807) is 0 Å². The Bertz CT molecular complexity index is 430. The van der Waals surface area contributed by atoms with Crippen molar-refractivity contribution in [2.45, 2.75) is 12.2 Å². The molecule has 0 spiro atoms. The molecule has 94 valence electrons. The Kier molecular flexibility index (Phi) is 2.22. The molecular weight excluding hydrogens is 237 g/mol. The van der Waals surface area contributed by atoms with Gasteiger partial charge in [-0.1, -0.05) is 0 Å². The summed E-state index contributed by atoms with van der Waals surface area (Å²) in [5.41, 5.74) is -0.899. The third-order valence-corrected chi connectivity index (χ3v) is 3.03. The first-order chi connectivity index (χ1) is 8.07. The fourth-order valence-electron chi connectivity index (χ4n) is 2.21. The van der Waals surface area contributed by atoms with Crippen molar-refractivity contribution < 1.29 is 17.9 Å². The Labute approximate surface area is 94.9 Å². The van der Waals surface area contributed by atoms with Gasteiger partial charge in [0, 0.05) is 19.6 Å². The van der Waals surface area contributed by atoms with E-state index in [2.05, 4.69) is 10.4 Å². The molecule has 17 heavy (non-hydrogen) atoms. The summed E-state index contributed by atoms with van der Waals surface area (Å²) >= 11 is 0. The van der Waals surface area contributed by atoms with E-state index in [1.807, 2.05) is 10.00 Å². The lowest BCUT2D eigenvalue weighted by Gasteiger charge is -2.39. The average molecular weight is 248 g/mol. The van der Waals surface area contributed by atoms with Crippen LogP contribution in [0.3, 0.4) is 0 Å². The van der Waals surface area contributed by atoms with Crippen LogP contribution in [-0.4, -0.2) is 42.5 Å². The van der Waals surface area contributed by atoms with Crippen molar-refractivity contribution in [3.05, 3.63) is 5.69 Å². The van der Waals surface area contributed by atoms with E-state index >= 15 is 0 Å². The van der Waals surface area contributed by atoms with Crippen LogP contribution in [0.1, 0.15) is 5.69 Å². The summed E-state index contributed by atoms with van der Waals surface area (Å²) in [6, 6.07) is 0.0561. The molecule has 2 aliphatic rings. The smallest absolute Gasteiger partial charge is 0.436 e. The number of hydrogen-bond acceptors (Lipinski definition) is 4. The summed E-state index contributed by atoms with van der Waals surface area (Å²) in [4.78, 5) is 1.86. The molecule has 3 heterocycles. The maximum absolute atomic E-state index is 12.7. The third-order valence-electron chi connectivity index (χ3n) is 3.03. The van der Waals surface area contributed by atoms with Crippen molar-refractivity contribution in [2.24, 2.45) is 0 Å². The van der Waals surface area contributed by atoms with Crippen LogP contribution in [0.25, 0.3) is 0 Å². The zero-order valence-electron chi connectivity index (χ0n) is 8.84. The second kappa shape index (κ2) is 3.52. The molecule has 1 aromatic heterocycles. The van der Waals surface area contributed by atoms with E-state index in [4.69, 9.17) is 4.74 Å². The van der Waals surface area contributed by atoms with Crippen LogP contribution in [0.4, 0.5) is 19.0 Å². The number of ether oxygens (including phenoxy) is 1. The number of alkyl halides is 3. The van der Waals surface area contributed by atoms with E-state index < -0.39 is 11.9 Å². The number of fused-ring (bicyclic) bond motifs is 3. The summed E-state index contributed by atoms with van der Waals surface area (Å²) in [7, 11) is 0. The largest absolute Gasteiger partial charge is 0.485 e. The van der Waals surface area contributed by atoms with Crippen LogP contribution in [0, 0.1) is 0 Å². The summed E-state index contributed by atoms with van der Waals surface area (Å²) in [6.07, 6.45) is -4.46. The van der Waals surface area contributed by atoms with Crippen LogP contribution in [0.15, 0.2) is 0 Å². The first-order valence-corrected chi connectivity index (χ1v) is 5.33. The van der Waals surface area contributed by atoms with Crippen molar-refractivity contribution in [1.29, 1.82) is 0 Å². The molecule has 0 aromatic carbocycles. The molecular formula is C9H11F3N4O. The molecule has 1 saturated heterocycles. The van der Waals surface area contributed by atoms with Crippen molar-refractivity contribution in [2.75, 3.05) is 31.1 Å². The van der Waals surface area contributed by atoms with Crippen molar-refractivity contribution in [3.63, 3.8) is 0 Å². The molecule has 2 aliphatic heterocycles. The fraction of sp³-hybridized carbons (Fsp3) is 0.667. The van der Waals surface area contributed by atoms with Gasteiger partial charge in [-0.2, -0.15) is 18.3 Å². The minimum atomic E-state index is -4.46. The van der Waals surface area contributed by atoms with Gasteiger partial charge in [0.1, 0.15) is 6.61 Å². The SMILES string of the molecule is FC(F)(F)c1[nH]nc2c1OCC1CNCCN21. The van der Waals surface area contributed by atoms with Gasteiger partial charge in [-0.25, -0.2) is 0 Å². The Morgan fingerprint density at radius 2 is 2.24 bits per heavy atom. The Balaban J connectivity index is 1.99. The molecule has 0 bridgehead atoms. The highest BCUT2D eigenvalue weighted by Crippen LogP contribution is 2.42. The first-order valence-electron chi connectivity index (χ1n) is 5.33. The van der Waals surface area contributed by atoms with Gasteiger partial charge in [-0.15, -0.1) is 0 Å². The lowest BCUT2D eigenvalue weighted by Crippen LogP contribution is -2.55. The molecule has 5 nitrogen and oxygen atoms in total. The topological polar surface area (TPSA) is 53.2 Å². The molecule has 1 aromatic rings. The lowest BCUT2D eigenvalue weighted by molar-refractivity contribution is -0.142. The third kappa shape index (κ3) is 1.63. The fourth-order valence-corrected chi connectivity index (χ4v) is 2.21. The lowest BCUT2D eigenvalue weighted by atomic mass is 10.1. The van der Waals surface area contributed by atoms with Gasteiger partial charge in [0.2, 0.25) is 0 Å². The molecule has 1 unspecified atom stereocenters. The van der Waals surface area contributed by atoms with Crippen LogP contribution in [-0.2, 0) is 6.18 Å². The van der Waals surface area contributed by atoms with Crippen LogP contribution >= 0.6 is 0 Å². The Morgan fingerprint density at radius 3 is 3.00 bits per heavy atom. The van der Waals surface area contributed by atoms with Crippen molar-refractivity contribution in [3.8, 4) is 5.75 Å².